The number of rotatable bonds is 22. The predicted octanol–water partition coefficient (Wildman–Crippen LogP) is 8.41. The highest BCUT2D eigenvalue weighted by Crippen LogP contribution is 2.23. The van der Waals surface area contributed by atoms with Gasteiger partial charge >= 0.3 is 6.03 Å². The lowest BCUT2D eigenvalue weighted by Crippen LogP contribution is -2.47. The Bertz CT molecular complexity index is 982. The maximum absolute atomic E-state index is 12.3. The third-order valence-corrected chi connectivity index (χ3v) is 7.23. The van der Waals surface area contributed by atoms with Gasteiger partial charge in [0.1, 0.15) is 17.2 Å². The van der Waals surface area contributed by atoms with E-state index in [9.17, 15) is 14.7 Å². The van der Waals surface area contributed by atoms with Gasteiger partial charge in [-0.15, -0.1) is 0 Å². The molecule has 234 valence electrons. The first kappa shape index (κ1) is 34.9. The van der Waals surface area contributed by atoms with Gasteiger partial charge in [0, 0.05) is 12.1 Å². The van der Waals surface area contributed by atoms with E-state index in [2.05, 4.69) is 30.0 Å². The molecule has 2 aromatic rings. The molecule has 42 heavy (non-hydrogen) atoms. The molecule has 1 unspecified atom stereocenters. The summed E-state index contributed by atoms with van der Waals surface area (Å²) in [4.78, 5) is 24.3. The molecule has 0 fully saturated rings. The fraction of sp³-hybridized carbons (Fsp3) is 0.588. The number of hydrogen-bond acceptors (Lipinski definition) is 5. The molecule has 3 amide bonds. The molecule has 1 atom stereocenters. The van der Waals surface area contributed by atoms with Crippen LogP contribution in [0.4, 0.5) is 4.79 Å². The molecule has 0 aliphatic heterocycles. The van der Waals surface area contributed by atoms with E-state index in [4.69, 9.17) is 9.47 Å². The van der Waals surface area contributed by atoms with Gasteiger partial charge in [0.05, 0.1) is 12.7 Å². The fourth-order valence-corrected chi connectivity index (χ4v) is 4.69. The number of hydrazine groups is 1. The van der Waals surface area contributed by atoms with Gasteiger partial charge in [0.15, 0.2) is 0 Å². The van der Waals surface area contributed by atoms with Crippen molar-refractivity contribution in [1.29, 1.82) is 0 Å². The van der Waals surface area contributed by atoms with Gasteiger partial charge in [-0.1, -0.05) is 96.8 Å². The van der Waals surface area contributed by atoms with Crippen molar-refractivity contribution in [3.63, 3.8) is 0 Å². The predicted molar refractivity (Wildman–Crippen MR) is 169 cm³/mol. The molecule has 2 aromatic carbocycles. The van der Waals surface area contributed by atoms with Crippen LogP contribution in [0.5, 0.6) is 17.2 Å². The summed E-state index contributed by atoms with van der Waals surface area (Å²) in [6, 6.07) is 12.3. The second-order valence-electron chi connectivity index (χ2n) is 11.0. The minimum atomic E-state index is -0.501. The van der Waals surface area contributed by atoms with Crippen molar-refractivity contribution in [1.82, 2.24) is 16.2 Å². The number of carbonyl (C=O) groups is 2. The first-order chi connectivity index (χ1) is 20.5. The number of phenolic OH excluding ortho intramolecular Hbond substituents is 1. The van der Waals surface area contributed by atoms with E-state index in [0.29, 0.717) is 30.2 Å². The van der Waals surface area contributed by atoms with Crippen LogP contribution in [-0.4, -0.2) is 36.3 Å². The van der Waals surface area contributed by atoms with Crippen LogP contribution in [0.25, 0.3) is 0 Å². The Kier molecular flexibility index (Phi) is 18.6. The molecule has 0 bridgehead atoms. The van der Waals surface area contributed by atoms with Crippen molar-refractivity contribution in [2.24, 2.45) is 0 Å². The van der Waals surface area contributed by atoms with Crippen LogP contribution >= 0.6 is 0 Å². The van der Waals surface area contributed by atoms with Crippen LogP contribution in [0.15, 0.2) is 48.5 Å². The van der Waals surface area contributed by atoms with Crippen LogP contribution in [0.2, 0.25) is 0 Å². The number of amides is 3. The lowest BCUT2D eigenvalue weighted by atomic mass is 10.0. The topological polar surface area (TPSA) is 109 Å². The van der Waals surface area contributed by atoms with E-state index < -0.39 is 11.9 Å². The number of carbonyl (C=O) groups excluding carboxylic acids is 2. The summed E-state index contributed by atoms with van der Waals surface area (Å²) in [5.74, 6) is 0.820. The average molecular weight is 584 g/mol. The zero-order valence-corrected chi connectivity index (χ0v) is 25.8. The van der Waals surface area contributed by atoms with Gasteiger partial charge in [0.25, 0.3) is 5.91 Å². The first-order valence-electron chi connectivity index (χ1n) is 16.0. The summed E-state index contributed by atoms with van der Waals surface area (Å²) in [6.45, 7) is 5.12. The van der Waals surface area contributed by atoms with Crippen molar-refractivity contribution >= 4 is 11.9 Å². The summed E-state index contributed by atoms with van der Waals surface area (Å²) in [6.07, 6.45) is 20.2. The molecule has 0 radical (unpaired) electrons. The van der Waals surface area contributed by atoms with Crippen LogP contribution in [0.1, 0.15) is 121 Å². The number of urea groups is 1. The van der Waals surface area contributed by atoms with Crippen LogP contribution in [-0.2, 0) is 4.74 Å². The lowest BCUT2D eigenvalue weighted by Gasteiger charge is -2.14. The van der Waals surface area contributed by atoms with Gasteiger partial charge in [-0.3, -0.25) is 10.2 Å². The fourth-order valence-electron chi connectivity index (χ4n) is 4.69. The molecule has 0 aromatic heterocycles. The third-order valence-electron chi connectivity index (χ3n) is 7.23. The number of nitrogens with one attached hydrogen (secondary N) is 3. The number of benzene rings is 2. The molecular weight excluding hydrogens is 530 g/mol. The van der Waals surface area contributed by atoms with E-state index >= 15 is 0 Å². The maximum Gasteiger partial charge on any atom is 0.333 e. The lowest BCUT2D eigenvalue weighted by molar-refractivity contribution is 0.0612. The van der Waals surface area contributed by atoms with Crippen molar-refractivity contribution in [3.05, 3.63) is 54.1 Å². The zero-order chi connectivity index (χ0) is 30.3. The maximum atomic E-state index is 12.3. The van der Waals surface area contributed by atoms with Gasteiger partial charge in [0.2, 0.25) is 0 Å². The number of aromatic hydroxyl groups is 1. The van der Waals surface area contributed by atoms with Gasteiger partial charge in [-0.05, 0) is 61.9 Å². The number of phenols is 1. The molecule has 2 rings (SSSR count). The Morgan fingerprint density at radius 2 is 1.21 bits per heavy atom. The highest BCUT2D eigenvalue weighted by atomic mass is 16.5. The third kappa shape index (κ3) is 16.9. The average Bonchev–Trinajstić information content (AvgIpc) is 2.99. The largest absolute Gasteiger partial charge is 0.508 e. The smallest absolute Gasteiger partial charge is 0.333 e. The second-order valence-corrected chi connectivity index (χ2v) is 11.0. The number of unbranched alkanes of at least 4 members (excludes halogenated alkanes) is 13. The van der Waals surface area contributed by atoms with Gasteiger partial charge in [-0.2, -0.15) is 0 Å². The summed E-state index contributed by atoms with van der Waals surface area (Å²) in [5.41, 5.74) is 5.10. The first-order valence-corrected chi connectivity index (χ1v) is 16.0. The van der Waals surface area contributed by atoms with Crippen molar-refractivity contribution in [3.8, 4) is 17.2 Å². The molecule has 4 N–H and O–H groups in total. The van der Waals surface area contributed by atoms with E-state index in [1.807, 2.05) is 0 Å². The Morgan fingerprint density at radius 3 is 1.76 bits per heavy atom. The minimum absolute atomic E-state index is 0.156. The molecule has 0 spiro atoms. The van der Waals surface area contributed by atoms with Crippen molar-refractivity contribution in [2.75, 3.05) is 13.2 Å². The number of hydrogen-bond donors (Lipinski definition) is 4. The van der Waals surface area contributed by atoms with Crippen LogP contribution in [0, 0.1) is 0 Å². The SMILES string of the molecule is CCCCCCCCCCCCCCCCC(C)OCCNC(=O)NNC(=O)c1ccc(Oc2ccc(O)cc2)cc1. The van der Waals surface area contributed by atoms with Crippen molar-refractivity contribution < 1.29 is 24.2 Å². The highest BCUT2D eigenvalue weighted by molar-refractivity contribution is 5.95. The van der Waals surface area contributed by atoms with E-state index in [-0.39, 0.29) is 11.9 Å². The Labute approximate surface area is 252 Å². The Hall–Kier alpha value is -3.26. The standard InChI is InChI=1S/C34H53N3O5/c1-3-4-5-6-7-8-9-10-11-12-13-14-15-16-17-28(2)41-27-26-35-34(40)37-36-33(39)29-18-22-31(23-19-29)42-32-24-20-30(38)21-25-32/h18-25,28,38H,3-17,26-27H2,1-2H3,(H,36,39)(H2,35,37,40). The van der Waals surface area contributed by atoms with Crippen LogP contribution < -0.4 is 20.9 Å². The zero-order valence-electron chi connectivity index (χ0n) is 25.8. The van der Waals surface area contributed by atoms with Gasteiger partial charge in [-0.25, -0.2) is 10.2 Å². The van der Waals surface area contributed by atoms with Gasteiger partial charge < -0.3 is 19.9 Å². The van der Waals surface area contributed by atoms with Crippen LogP contribution in [0.3, 0.4) is 0 Å². The molecule has 0 heterocycles. The Balaban J connectivity index is 1.41. The normalized spacial score (nSPS) is 11.6. The van der Waals surface area contributed by atoms with E-state index in [1.54, 1.807) is 36.4 Å². The molecule has 0 saturated heterocycles. The monoisotopic (exact) mass is 583 g/mol. The van der Waals surface area contributed by atoms with Crippen molar-refractivity contribution in [2.45, 2.75) is 116 Å². The highest BCUT2D eigenvalue weighted by Gasteiger charge is 2.08. The molecular formula is C34H53N3O5. The second kappa shape index (κ2) is 22.4. The quantitative estimate of drug-likeness (QED) is 0.0822. The number of ether oxygens (including phenoxy) is 2. The molecule has 8 heteroatoms. The summed E-state index contributed by atoms with van der Waals surface area (Å²) in [5, 5.41) is 12.0. The van der Waals surface area contributed by atoms with E-state index in [1.165, 1.54) is 102 Å². The van der Waals surface area contributed by atoms with E-state index in [0.717, 1.165) is 6.42 Å². The Morgan fingerprint density at radius 1 is 0.714 bits per heavy atom. The minimum Gasteiger partial charge on any atom is -0.508 e. The summed E-state index contributed by atoms with van der Waals surface area (Å²) < 4.78 is 11.5. The summed E-state index contributed by atoms with van der Waals surface area (Å²) in [7, 11) is 0. The molecule has 0 saturated carbocycles. The summed E-state index contributed by atoms with van der Waals surface area (Å²) >= 11 is 0. The molecule has 8 nitrogen and oxygen atoms in total. The molecule has 0 aliphatic rings. The molecule has 0 aliphatic carbocycles.